The molecule has 5 nitrogen and oxygen atoms in total. The molecule has 1 atom stereocenters. The van der Waals surface area contributed by atoms with E-state index in [4.69, 9.17) is 0 Å². The standard InChI is InChI=1S/C22H16N2O3/c25-20(16-11-13-23-14-12-16)18-19(15-7-3-1-4-8-15)24(22(27)21(18)26)17-9-5-2-6-10-17/h1-14,19,25H/b20-18-. The van der Waals surface area contributed by atoms with Gasteiger partial charge in [0.1, 0.15) is 5.76 Å². The van der Waals surface area contributed by atoms with Crippen molar-refractivity contribution in [2.75, 3.05) is 4.90 Å². The maximum Gasteiger partial charge on any atom is 0.300 e. The third-order valence-corrected chi connectivity index (χ3v) is 4.55. The number of carbonyl (C=O) groups is 2. The second-order valence-electron chi connectivity index (χ2n) is 6.15. The van der Waals surface area contributed by atoms with Gasteiger partial charge in [0.05, 0.1) is 11.6 Å². The normalized spacial score (nSPS) is 18.7. The van der Waals surface area contributed by atoms with Crippen molar-refractivity contribution in [3.05, 3.63) is 102 Å². The quantitative estimate of drug-likeness (QED) is 0.441. The van der Waals surface area contributed by atoms with Crippen molar-refractivity contribution in [1.29, 1.82) is 0 Å². The largest absolute Gasteiger partial charge is 0.507 e. The van der Waals surface area contributed by atoms with Gasteiger partial charge in [0.15, 0.2) is 0 Å². The number of rotatable bonds is 3. The van der Waals surface area contributed by atoms with E-state index in [1.165, 1.54) is 17.3 Å². The molecule has 2 aromatic carbocycles. The highest BCUT2D eigenvalue weighted by atomic mass is 16.3. The minimum Gasteiger partial charge on any atom is -0.507 e. The lowest BCUT2D eigenvalue weighted by molar-refractivity contribution is -0.132. The lowest BCUT2D eigenvalue weighted by Gasteiger charge is -2.25. The van der Waals surface area contributed by atoms with Gasteiger partial charge in [0, 0.05) is 23.6 Å². The Morgan fingerprint density at radius 1 is 0.852 bits per heavy atom. The van der Waals surface area contributed by atoms with E-state index in [0.717, 1.165) is 5.56 Å². The average molecular weight is 356 g/mol. The number of amides is 1. The number of para-hydroxylation sites is 1. The summed E-state index contributed by atoms with van der Waals surface area (Å²) >= 11 is 0. The number of anilines is 1. The molecule has 27 heavy (non-hydrogen) atoms. The first-order valence-corrected chi connectivity index (χ1v) is 8.50. The van der Waals surface area contributed by atoms with E-state index < -0.39 is 17.7 Å². The Hall–Kier alpha value is -3.73. The van der Waals surface area contributed by atoms with Crippen LogP contribution in [-0.2, 0) is 9.59 Å². The monoisotopic (exact) mass is 356 g/mol. The lowest BCUT2D eigenvalue weighted by atomic mass is 9.95. The summed E-state index contributed by atoms with van der Waals surface area (Å²) in [6.45, 7) is 0. The Kier molecular flexibility index (Phi) is 4.26. The topological polar surface area (TPSA) is 70.5 Å². The van der Waals surface area contributed by atoms with Crippen molar-refractivity contribution < 1.29 is 14.7 Å². The number of ketones is 1. The van der Waals surface area contributed by atoms with Gasteiger partial charge >= 0.3 is 0 Å². The molecule has 1 aliphatic heterocycles. The van der Waals surface area contributed by atoms with Crippen LogP contribution in [0.3, 0.4) is 0 Å². The molecule has 0 radical (unpaired) electrons. The van der Waals surface area contributed by atoms with Crippen LogP contribution in [0.1, 0.15) is 17.2 Å². The van der Waals surface area contributed by atoms with Crippen LogP contribution in [0.4, 0.5) is 5.69 Å². The summed E-state index contributed by atoms with van der Waals surface area (Å²) in [5.41, 5.74) is 1.86. The molecule has 0 saturated carbocycles. The maximum absolute atomic E-state index is 12.9. The Balaban J connectivity index is 1.95. The average Bonchev–Trinajstić information content (AvgIpc) is 3.00. The van der Waals surface area contributed by atoms with Crippen LogP contribution < -0.4 is 4.90 Å². The molecule has 1 unspecified atom stereocenters. The molecule has 0 bridgehead atoms. The Labute approximate surface area is 156 Å². The summed E-state index contributed by atoms with van der Waals surface area (Å²) in [6, 6.07) is 20.7. The zero-order valence-electron chi connectivity index (χ0n) is 14.3. The third-order valence-electron chi connectivity index (χ3n) is 4.55. The Bertz CT molecular complexity index is 1020. The van der Waals surface area contributed by atoms with Crippen molar-refractivity contribution in [2.45, 2.75) is 6.04 Å². The number of Topliss-reactive ketones (excluding diaryl/α,β-unsaturated/α-hetero) is 1. The van der Waals surface area contributed by atoms with Crippen molar-refractivity contribution in [2.24, 2.45) is 0 Å². The van der Waals surface area contributed by atoms with Crippen molar-refractivity contribution >= 4 is 23.1 Å². The number of hydrogen-bond acceptors (Lipinski definition) is 4. The van der Waals surface area contributed by atoms with Crippen LogP contribution in [0.2, 0.25) is 0 Å². The molecule has 1 saturated heterocycles. The number of benzene rings is 2. The number of nitrogens with zero attached hydrogens (tertiary/aromatic N) is 2. The SMILES string of the molecule is O=C1C(=O)N(c2ccccc2)C(c2ccccc2)/C1=C(/O)c1ccncc1. The van der Waals surface area contributed by atoms with E-state index >= 15 is 0 Å². The Morgan fingerprint density at radius 2 is 1.44 bits per heavy atom. The molecule has 5 heteroatoms. The van der Waals surface area contributed by atoms with Gasteiger partial charge in [0.2, 0.25) is 0 Å². The predicted octanol–water partition coefficient (Wildman–Crippen LogP) is 3.71. The highest BCUT2D eigenvalue weighted by Crippen LogP contribution is 2.41. The molecule has 4 rings (SSSR count). The lowest BCUT2D eigenvalue weighted by Crippen LogP contribution is -2.29. The molecule has 132 valence electrons. The van der Waals surface area contributed by atoms with Gasteiger partial charge < -0.3 is 5.11 Å². The molecule has 1 fully saturated rings. The first-order chi connectivity index (χ1) is 13.2. The number of hydrogen-bond donors (Lipinski definition) is 1. The molecular weight excluding hydrogens is 340 g/mol. The van der Waals surface area contributed by atoms with E-state index in [9.17, 15) is 14.7 Å². The van der Waals surface area contributed by atoms with Crippen LogP contribution in [0.25, 0.3) is 5.76 Å². The molecule has 3 aromatic rings. The summed E-state index contributed by atoms with van der Waals surface area (Å²) in [7, 11) is 0. The van der Waals surface area contributed by atoms with Gasteiger partial charge in [-0.05, 0) is 29.8 Å². The molecular formula is C22H16N2O3. The van der Waals surface area contributed by atoms with E-state index in [0.29, 0.717) is 11.3 Å². The van der Waals surface area contributed by atoms with E-state index in [1.807, 2.05) is 36.4 Å². The second-order valence-corrected chi connectivity index (χ2v) is 6.15. The van der Waals surface area contributed by atoms with Crippen LogP contribution >= 0.6 is 0 Å². The summed E-state index contributed by atoms with van der Waals surface area (Å²) < 4.78 is 0. The predicted molar refractivity (Wildman–Crippen MR) is 102 cm³/mol. The fraction of sp³-hybridized carbons (Fsp3) is 0.0455. The minimum atomic E-state index is -0.707. The Morgan fingerprint density at radius 3 is 2.07 bits per heavy atom. The highest BCUT2D eigenvalue weighted by Gasteiger charge is 2.46. The fourth-order valence-corrected chi connectivity index (χ4v) is 3.30. The number of pyridine rings is 1. The van der Waals surface area contributed by atoms with Gasteiger partial charge in [-0.3, -0.25) is 19.5 Å². The summed E-state index contributed by atoms with van der Waals surface area (Å²) in [5, 5.41) is 10.9. The fourth-order valence-electron chi connectivity index (χ4n) is 3.30. The zero-order chi connectivity index (χ0) is 18.8. The molecule has 1 amide bonds. The molecule has 1 N–H and O–H groups in total. The number of aliphatic hydroxyl groups excluding tert-OH is 1. The first kappa shape index (κ1) is 16.7. The van der Waals surface area contributed by atoms with Crippen LogP contribution in [-0.4, -0.2) is 21.8 Å². The van der Waals surface area contributed by atoms with E-state index in [1.54, 1.807) is 36.4 Å². The van der Waals surface area contributed by atoms with Crippen LogP contribution in [0.5, 0.6) is 0 Å². The van der Waals surface area contributed by atoms with Crippen LogP contribution in [0, 0.1) is 0 Å². The number of carbonyl (C=O) groups excluding carboxylic acids is 2. The molecule has 1 aromatic heterocycles. The summed E-state index contributed by atoms with van der Waals surface area (Å²) in [5.74, 6) is -1.57. The van der Waals surface area contributed by atoms with Gasteiger partial charge in [-0.1, -0.05) is 48.5 Å². The van der Waals surface area contributed by atoms with Crippen LogP contribution in [0.15, 0.2) is 90.8 Å². The van der Waals surface area contributed by atoms with Gasteiger partial charge in [0.25, 0.3) is 11.7 Å². The van der Waals surface area contributed by atoms with Crippen molar-refractivity contribution in [1.82, 2.24) is 4.98 Å². The summed E-state index contributed by atoms with van der Waals surface area (Å²) in [6.07, 6.45) is 3.06. The first-order valence-electron chi connectivity index (χ1n) is 8.50. The summed E-state index contributed by atoms with van der Waals surface area (Å²) in [4.78, 5) is 31.1. The van der Waals surface area contributed by atoms with E-state index in [-0.39, 0.29) is 11.3 Å². The zero-order valence-corrected chi connectivity index (χ0v) is 14.3. The van der Waals surface area contributed by atoms with Gasteiger partial charge in [-0.2, -0.15) is 0 Å². The second kappa shape index (κ2) is 6.88. The molecule has 1 aliphatic rings. The minimum absolute atomic E-state index is 0.0706. The highest BCUT2D eigenvalue weighted by molar-refractivity contribution is 6.51. The number of aliphatic hydroxyl groups is 1. The van der Waals surface area contributed by atoms with Crippen molar-refractivity contribution in [3.8, 4) is 0 Å². The molecule has 2 heterocycles. The van der Waals surface area contributed by atoms with Crippen molar-refractivity contribution in [3.63, 3.8) is 0 Å². The number of aromatic nitrogens is 1. The van der Waals surface area contributed by atoms with E-state index in [2.05, 4.69) is 4.98 Å². The molecule has 0 aliphatic carbocycles. The third kappa shape index (κ3) is 2.89. The smallest absolute Gasteiger partial charge is 0.300 e. The molecule has 0 spiro atoms. The maximum atomic E-state index is 12.9. The van der Waals surface area contributed by atoms with Gasteiger partial charge in [-0.15, -0.1) is 0 Å². The van der Waals surface area contributed by atoms with Gasteiger partial charge in [-0.25, -0.2) is 0 Å².